The van der Waals surface area contributed by atoms with Crippen LogP contribution in [0.3, 0.4) is 0 Å². The molecule has 0 bridgehead atoms. The summed E-state index contributed by atoms with van der Waals surface area (Å²) in [4.78, 5) is 2.17. The molecule has 1 aromatic rings. The number of rotatable bonds is 5. The molecule has 0 fully saturated rings. The molecule has 1 unspecified atom stereocenters. The molecule has 18 heavy (non-hydrogen) atoms. The van der Waals surface area contributed by atoms with Crippen LogP contribution in [-0.4, -0.2) is 31.6 Å². The lowest BCUT2D eigenvalue weighted by molar-refractivity contribution is 0.344. The van der Waals surface area contributed by atoms with Gasteiger partial charge in [-0.2, -0.15) is 5.26 Å². The van der Waals surface area contributed by atoms with Crippen LogP contribution in [0, 0.1) is 17.2 Å². The fourth-order valence-corrected chi connectivity index (χ4v) is 2.26. The topological polar surface area (TPSA) is 39.1 Å². The van der Waals surface area contributed by atoms with E-state index in [1.807, 2.05) is 18.2 Å². The Kier molecular flexibility index (Phi) is 5.64. The minimum absolute atomic E-state index is 0.362. The molecule has 1 aromatic carbocycles. The normalized spacial score (nSPS) is 12.6. The average molecular weight is 310 g/mol. The molecule has 3 nitrogen and oxygen atoms in total. The van der Waals surface area contributed by atoms with E-state index in [4.69, 9.17) is 5.26 Å². The third-order valence-corrected chi connectivity index (χ3v) is 3.20. The molecular formula is C14H20BrN3. The van der Waals surface area contributed by atoms with E-state index < -0.39 is 0 Å². The molecule has 0 aliphatic carbocycles. The highest BCUT2D eigenvalue weighted by Crippen LogP contribution is 2.21. The fourth-order valence-electron chi connectivity index (χ4n) is 1.77. The lowest BCUT2D eigenvalue weighted by Crippen LogP contribution is -2.36. The third-order valence-electron chi connectivity index (χ3n) is 2.75. The summed E-state index contributed by atoms with van der Waals surface area (Å²) in [7, 11) is 4.14. The van der Waals surface area contributed by atoms with E-state index in [2.05, 4.69) is 60.2 Å². The highest BCUT2D eigenvalue weighted by atomic mass is 79.9. The molecule has 0 aromatic heterocycles. The molecule has 1 N–H and O–H groups in total. The summed E-state index contributed by atoms with van der Waals surface area (Å²) in [5, 5.41) is 12.5. The molecule has 0 spiro atoms. The van der Waals surface area contributed by atoms with Crippen LogP contribution < -0.4 is 5.32 Å². The standard InChI is InChI=1S/C14H20BrN3/c1-10(2)14(9-18(3)4)17-13-6-11(8-16)5-12(15)7-13/h5-7,10,14,17H,9H2,1-4H3. The lowest BCUT2D eigenvalue weighted by atomic mass is 10.0. The van der Waals surface area contributed by atoms with Crippen molar-refractivity contribution in [3.8, 4) is 6.07 Å². The maximum absolute atomic E-state index is 8.97. The first-order chi connectivity index (χ1) is 8.42. The summed E-state index contributed by atoms with van der Waals surface area (Å²) in [6.45, 7) is 5.36. The Labute approximate surface area is 118 Å². The van der Waals surface area contributed by atoms with Crippen LogP contribution in [0.1, 0.15) is 19.4 Å². The van der Waals surface area contributed by atoms with Crippen molar-refractivity contribution in [3.63, 3.8) is 0 Å². The molecule has 0 radical (unpaired) electrons. The summed E-state index contributed by atoms with van der Waals surface area (Å²) in [6.07, 6.45) is 0. The number of nitriles is 1. The number of halogens is 1. The van der Waals surface area contributed by atoms with Crippen molar-refractivity contribution in [1.29, 1.82) is 5.26 Å². The minimum Gasteiger partial charge on any atom is -0.381 e. The van der Waals surface area contributed by atoms with Gasteiger partial charge in [0.25, 0.3) is 0 Å². The number of hydrogen-bond acceptors (Lipinski definition) is 3. The van der Waals surface area contributed by atoms with Gasteiger partial charge in [-0.1, -0.05) is 29.8 Å². The number of anilines is 1. The van der Waals surface area contributed by atoms with E-state index in [1.54, 1.807) is 0 Å². The van der Waals surface area contributed by atoms with E-state index in [9.17, 15) is 0 Å². The molecule has 0 saturated carbocycles. The Bertz CT molecular complexity index is 435. The molecule has 0 amide bonds. The second-order valence-electron chi connectivity index (χ2n) is 5.10. The number of nitrogens with zero attached hydrogens (tertiary/aromatic N) is 2. The van der Waals surface area contributed by atoms with E-state index >= 15 is 0 Å². The number of benzene rings is 1. The molecule has 0 heterocycles. The number of nitrogens with one attached hydrogen (secondary N) is 1. The SMILES string of the molecule is CC(C)C(CN(C)C)Nc1cc(Br)cc(C#N)c1. The molecular weight excluding hydrogens is 290 g/mol. The van der Waals surface area contributed by atoms with Crippen LogP contribution in [0.5, 0.6) is 0 Å². The van der Waals surface area contributed by atoms with Gasteiger partial charge < -0.3 is 10.2 Å². The van der Waals surface area contributed by atoms with Gasteiger partial charge in [0, 0.05) is 22.7 Å². The highest BCUT2D eigenvalue weighted by Gasteiger charge is 2.14. The molecule has 1 rings (SSSR count). The summed E-state index contributed by atoms with van der Waals surface area (Å²) < 4.78 is 0.927. The molecule has 98 valence electrons. The Morgan fingerprint density at radius 2 is 2.00 bits per heavy atom. The quantitative estimate of drug-likeness (QED) is 0.907. The van der Waals surface area contributed by atoms with Crippen molar-refractivity contribution in [1.82, 2.24) is 4.90 Å². The first-order valence-corrected chi connectivity index (χ1v) is 6.83. The van der Waals surface area contributed by atoms with E-state index in [-0.39, 0.29) is 0 Å². The smallest absolute Gasteiger partial charge is 0.0992 e. The van der Waals surface area contributed by atoms with Gasteiger partial charge >= 0.3 is 0 Å². The van der Waals surface area contributed by atoms with E-state index in [0.29, 0.717) is 17.5 Å². The molecule has 0 aliphatic rings. The van der Waals surface area contributed by atoms with Crippen molar-refractivity contribution in [2.24, 2.45) is 5.92 Å². The summed E-state index contributed by atoms with van der Waals surface area (Å²) in [6, 6.07) is 8.24. The van der Waals surface area contributed by atoms with Crippen LogP contribution in [0.4, 0.5) is 5.69 Å². The van der Waals surface area contributed by atoms with Gasteiger partial charge in [-0.25, -0.2) is 0 Å². The highest BCUT2D eigenvalue weighted by molar-refractivity contribution is 9.10. The van der Waals surface area contributed by atoms with Crippen molar-refractivity contribution >= 4 is 21.6 Å². The van der Waals surface area contributed by atoms with Crippen LogP contribution in [-0.2, 0) is 0 Å². The monoisotopic (exact) mass is 309 g/mol. The van der Waals surface area contributed by atoms with Gasteiger partial charge in [0.15, 0.2) is 0 Å². The molecule has 0 saturated heterocycles. The summed E-state index contributed by atoms with van der Waals surface area (Å²) in [5.41, 5.74) is 1.65. The molecule has 0 aliphatic heterocycles. The second-order valence-corrected chi connectivity index (χ2v) is 6.01. The van der Waals surface area contributed by atoms with Crippen molar-refractivity contribution < 1.29 is 0 Å². The third kappa shape index (κ3) is 4.67. The Morgan fingerprint density at radius 1 is 1.33 bits per heavy atom. The zero-order valence-electron chi connectivity index (χ0n) is 11.4. The largest absolute Gasteiger partial charge is 0.381 e. The average Bonchev–Trinajstić information content (AvgIpc) is 2.26. The van der Waals surface area contributed by atoms with E-state index in [1.165, 1.54) is 0 Å². The Balaban J connectivity index is 2.87. The zero-order valence-corrected chi connectivity index (χ0v) is 13.0. The minimum atomic E-state index is 0.362. The second kappa shape index (κ2) is 6.77. The fraction of sp³-hybridized carbons (Fsp3) is 0.500. The summed E-state index contributed by atoms with van der Waals surface area (Å²) in [5.74, 6) is 0.525. The predicted octanol–water partition coefficient (Wildman–Crippen LogP) is 3.32. The molecule has 1 atom stereocenters. The maximum atomic E-state index is 8.97. The Hall–Kier alpha value is -1.05. The van der Waals surface area contributed by atoms with Crippen LogP contribution in [0.25, 0.3) is 0 Å². The summed E-state index contributed by atoms with van der Waals surface area (Å²) >= 11 is 3.43. The Morgan fingerprint density at radius 3 is 2.50 bits per heavy atom. The van der Waals surface area contributed by atoms with Gasteiger partial charge in [0.05, 0.1) is 11.6 Å². The lowest BCUT2D eigenvalue weighted by Gasteiger charge is -2.26. The van der Waals surface area contributed by atoms with E-state index in [0.717, 1.165) is 16.7 Å². The maximum Gasteiger partial charge on any atom is 0.0992 e. The first kappa shape index (κ1) is 15.0. The van der Waals surface area contributed by atoms with Crippen molar-refractivity contribution in [2.75, 3.05) is 26.0 Å². The zero-order chi connectivity index (χ0) is 13.7. The van der Waals surface area contributed by atoms with Gasteiger partial charge in [0.2, 0.25) is 0 Å². The first-order valence-electron chi connectivity index (χ1n) is 6.04. The molecule has 4 heteroatoms. The van der Waals surface area contributed by atoms with Crippen LogP contribution >= 0.6 is 15.9 Å². The number of likely N-dealkylation sites (N-methyl/N-ethyl adjacent to an activating group) is 1. The van der Waals surface area contributed by atoms with Gasteiger partial charge in [-0.05, 0) is 38.2 Å². The predicted molar refractivity (Wildman–Crippen MR) is 79.7 cm³/mol. The van der Waals surface area contributed by atoms with Crippen LogP contribution in [0.15, 0.2) is 22.7 Å². The van der Waals surface area contributed by atoms with Crippen LogP contribution in [0.2, 0.25) is 0 Å². The number of hydrogen-bond donors (Lipinski definition) is 1. The van der Waals surface area contributed by atoms with Crippen molar-refractivity contribution in [3.05, 3.63) is 28.2 Å². The van der Waals surface area contributed by atoms with Gasteiger partial charge in [0.1, 0.15) is 0 Å². The van der Waals surface area contributed by atoms with Gasteiger partial charge in [-0.15, -0.1) is 0 Å². The van der Waals surface area contributed by atoms with Crippen molar-refractivity contribution in [2.45, 2.75) is 19.9 Å². The van der Waals surface area contributed by atoms with Gasteiger partial charge in [-0.3, -0.25) is 0 Å².